The topological polar surface area (TPSA) is 95.6 Å². The van der Waals surface area contributed by atoms with Crippen LogP contribution < -0.4 is 0 Å². The molecule has 1 fully saturated rings. The van der Waals surface area contributed by atoms with Crippen LogP contribution in [0.2, 0.25) is 0 Å². The van der Waals surface area contributed by atoms with Gasteiger partial charge in [-0.2, -0.15) is 9.40 Å². The summed E-state index contributed by atoms with van der Waals surface area (Å²) in [7, 11) is -4.32. The number of halogens is 3. The van der Waals surface area contributed by atoms with Crippen LogP contribution in [0.25, 0.3) is 0 Å². The fourth-order valence-corrected chi connectivity index (χ4v) is 6.90. The number of benzene rings is 2. The molecule has 1 saturated heterocycles. The molecule has 0 radical (unpaired) electrons. The van der Waals surface area contributed by atoms with Crippen LogP contribution >= 0.6 is 0 Å². The van der Waals surface area contributed by atoms with Crippen LogP contribution in [0.5, 0.6) is 0 Å². The third kappa shape index (κ3) is 4.77. The summed E-state index contributed by atoms with van der Waals surface area (Å²) in [5.41, 5.74) is 0.610. The number of fused-ring (bicyclic) bond motifs is 1. The monoisotopic (exact) mass is 548 g/mol. The molecule has 1 N–H and O–H groups in total. The first-order valence-electron chi connectivity index (χ1n) is 12.1. The van der Waals surface area contributed by atoms with Gasteiger partial charge in [0.2, 0.25) is 10.0 Å². The van der Waals surface area contributed by atoms with Crippen molar-refractivity contribution in [2.24, 2.45) is 0 Å². The molecule has 8 nitrogen and oxygen atoms in total. The highest BCUT2D eigenvalue weighted by molar-refractivity contribution is 7.89. The van der Waals surface area contributed by atoms with Crippen LogP contribution in [-0.4, -0.2) is 59.9 Å². The van der Waals surface area contributed by atoms with Gasteiger partial charge in [-0.15, -0.1) is 0 Å². The van der Waals surface area contributed by atoms with Crippen molar-refractivity contribution in [2.75, 3.05) is 26.3 Å². The second-order valence-corrected chi connectivity index (χ2v) is 11.8. The maximum absolute atomic E-state index is 14.9. The standard InChI is InChI=1S/C26H27F3N4O4S/c1-26(2)25-20(15-33(26)38(35,36)19-11-17(27)10-18(28)12-19)22(30-31-25)13-23(34)24-16(4-3-5-21(24)29)14-32-6-8-37-9-7-32/h3-5,10-12H,6-9,13-15H2,1-2H3,(H,30,31). The molecule has 38 heavy (non-hydrogen) atoms. The molecule has 0 atom stereocenters. The van der Waals surface area contributed by atoms with Gasteiger partial charge in [-0.1, -0.05) is 12.1 Å². The van der Waals surface area contributed by atoms with E-state index in [1.807, 2.05) is 0 Å². The molecule has 3 heterocycles. The highest BCUT2D eigenvalue weighted by Crippen LogP contribution is 2.42. The quantitative estimate of drug-likeness (QED) is 0.454. The van der Waals surface area contributed by atoms with Gasteiger partial charge in [-0.3, -0.25) is 14.8 Å². The van der Waals surface area contributed by atoms with E-state index >= 15 is 0 Å². The number of ketones is 1. The average Bonchev–Trinajstić information content (AvgIpc) is 3.37. The Labute approximate surface area is 218 Å². The van der Waals surface area contributed by atoms with Crippen molar-refractivity contribution >= 4 is 15.8 Å². The zero-order chi connectivity index (χ0) is 27.2. The van der Waals surface area contributed by atoms with E-state index in [1.54, 1.807) is 26.0 Å². The molecule has 2 aliphatic rings. The third-order valence-corrected chi connectivity index (χ3v) is 9.09. The van der Waals surface area contributed by atoms with Crippen LogP contribution in [0.1, 0.15) is 46.7 Å². The summed E-state index contributed by atoms with van der Waals surface area (Å²) < 4.78 is 75.7. The molecule has 3 aromatic rings. The molecule has 0 unspecified atom stereocenters. The lowest BCUT2D eigenvalue weighted by molar-refractivity contribution is 0.0340. The maximum Gasteiger partial charge on any atom is 0.244 e. The lowest BCUT2D eigenvalue weighted by Crippen LogP contribution is -2.40. The second-order valence-electron chi connectivity index (χ2n) is 9.97. The van der Waals surface area contributed by atoms with Crippen LogP contribution in [0.15, 0.2) is 41.3 Å². The van der Waals surface area contributed by atoms with Gasteiger partial charge in [-0.05, 0) is 37.6 Å². The Bertz CT molecular complexity index is 1480. The van der Waals surface area contributed by atoms with Crippen molar-refractivity contribution < 1.29 is 31.1 Å². The zero-order valence-electron chi connectivity index (χ0n) is 20.9. The Morgan fingerprint density at radius 3 is 2.47 bits per heavy atom. The lowest BCUT2D eigenvalue weighted by atomic mass is 9.96. The predicted molar refractivity (Wildman–Crippen MR) is 131 cm³/mol. The van der Waals surface area contributed by atoms with E-state index in [4.69, 9.17) is 4.74 Å². The summed E-state index contributed by atoms with van der Waals surface area (Å²) in [6.07, 6.45) is -0.224. The summed E-state index contributed by atoms with van der Waals surface area (Å²) in [6.45, 7) is 5.95. The molecule has 2 aromatic carbocycles. The van der Waals surface area contributed by atoms with Crippen molar-refractivity contribution in [3.8, 4) is 0 Å². The van der Waals surface area contributed by atoms with Crippen molar-refractivity contribution in [3.05, 3.63) is 81.9 Å². The summed E-state index contributed by atoms with van der Waals surface area (Å²) >= 11 is 0. The zero-order valence-corrected chi connectivity index (χ0v) is 21.7. The molecule has 0 aliphatic carbocycles. The van der Waals surface area contributed by atoms with Gasteiger partial charge < -0.3 is 4.74 Å². The second kappa shape index (κ2) is 9.92. The molecule has 0 spiro atoms. The van der Waals surface area contributed by atoms with Crippen LogP contribution in [0.3, 0.4) is 0 Å². The highest BCUT2D eigenvalue weighted by Gasteiger charge is 2.48. The largest absolute Gasteiger partial charge is 0.379 e. The maximum atomic E-state index is 14.9. The number of hydrogen-bond acceptors (Lipinski definition) is 6. The van der Waals surface area contributed by atoms with Crippen LogP contribution in [0.4, 0.5) is 13.2 Å². The first-order valence-corrected chi connectivity index (χ1v) is 13.6. The average molecular weight is 549 g/mol. The van der Waals surface area contributed by atoms with Gasteiger partial charge in [0.05, 0.1) is 41.3 Å². The van der Waals surface area contributed by atoms with Gasteiger partial charge in [0.1, 0.15) is 17.5 Å². The molecular weight excluding hydrogens is 521 g/mol. The molecule has 1 aromatic heterocycles. The van der Waals surface area contributed by atoms with Crippen LogP contribution in [-0.2, 0) is 39.8 Å². The smallest absolute Gasteiger partial charge is 0.244 e. The number of ether oxygens (including phenoxy) is 1. The Morgan fingerprint density at radius 1 is 1.11 bits per heavy atom. The minimum Gasteiger partial charge on any atom is -0.379 e. The molecule has 2 aliphatic heterocycles. The van der Waals surface area contributed by atoms with Gasteiger partial charge in [0.25, 0.3) is 0 Å². The van der Waals surface area contributed by atoms with E-state index in [0.29, 0.717) is 61.4 Å². The molecule has 5 rings (SSSR count). The van der Waals surface area contributed by atoms with E-state index in [0.717, 1.165) is 16.4 Å². The van der Waals surface area contributed by atoms with E-state index < -0.39 is 43.7 Å². The number of hydrogen-bond donors (Lipinski definition) is 1. The summed E-state index contributed by atoms with van der Waals surface area (Å²) in [6, 6.07) is 6.64. The minimum atomic E-state index is -4.32. The van der Waals surface area contributed by atoms with E-state index in [2.05, 4.69) is 15.1 Å². The van der Waals surface area contributed by atoms with Gasteiger partial charge in [0, 0.05) is 43.5 Å². The van der Waals surface area contributed by atoms with E-state index in [9.17, 15) is 26.4 Å². The third-order valence-electron chi connectivity index (χ3n) is 7.10. The number of aromatic nitrogens is 2. The molecule has 12 heteroatoms. The number of morpholine rings is 1. The summed E-state index contributed by atoms with van der Waals surface area (Å²) in [5, 5.41) is 7.10. The SMILES string of the molecule is CC1(C)c2n[nH]c(CC(=O)c3c(F)cccc3CN3CCOCC3)c2CN1S(=O)(=O)c1cc(F)cc(F)c1. The number of rotatable bonds is 7. The number of carbonyl (C=O) groups excluding carboxylic acids is 1. The fraction of sp³-hybridized carbons (Fsp3) is 0.385. The molecule has 0 saturated carbocycles. The van der Waals surface area contributed by atoms with Gasteiger partial charge in [-0.25, -0.2) is 21.6 Å². The molecule has 0 bridgehead atoms. The molecule has 0 amide bonds. The number of carbonyl (C=O) groups is 1. The summed E-state index contributed by atoms with van der Waals surface area (Å²) in [5.74, 6) is -3.12. The summed E-state index contributed by atoms with van der Waals surface area (Å²) in [4.78, 5) is 15.0. The van der Waals surface area contributed by atoms with E-state index in [1.165, 1.54) is 6.07 Å². The Kier molecular flexibility index (Phi) is 6.93. The predicted octanol–water partition coefficient (Wildman–Crippen LogP) is 3.52. The first kappa shape index (κ1) is 26.5. The van der Waals surface area contributed by atoms with E-state index in [-0.39, 0.29) is 18.5 Å². The fourth-order valence-electron chi connectivity index (χ4n) is 5.14. The van der Waals surface area contributed by atoms with Crippen molar-refractivity contribution in [2.45, 2.75) is 43.8 Å². The number of sulfonamides is 1. The minimum absolute atomic E-state index is 0.0145. The van der Waals surface area contributed by atoms with Crippen molar-refractivity contribution in [1.29, 1.82) is 0 Å². The number of nitrogens with zero attached hydrogens (tertiary/aromatic N) is 3. The van der Waals surface area contributed by atoms with Crippen molar-refractivity contribution in [3.63, 3.8) is 0 Å². The van der Waals surface area contributed by atoms with Crippen molar-refractivity contribution in [1.82, 2.24) is 19.4 Å². The first-order chi connectivity index (χ1) is 18.0. The number of aromatic amines is 1. The highest BCUT2D eigenvalue weighted by atomic mass is 32.2. The van der Waals surface area contributed by atoms with Gasteiger partial charge >= 0.3 is 0 Å². The number of H-pyrrole nitrogens is 1. The normalized spacial score (nSPS) is 18.0. The Hall–Kier alpha value is -3.06. The van der Waals surface area contributed by atoms with Crippen LogP contribution in [0, 0.1) is 17.5 Å². The molecule has 202 valence electrons. The Balaban J connectivity index is 1.42. The number of nitrogens with one attached hydrogen (secondary N) is 1. The van der Waals surface area contributed by atoms with Gasteiger partial charge in [0.15, 0.2) is 5.78 Å². The lowest BCUT2D eigenvalue weighted by Gasteiger charge is -2.30. The molecular formula is C26H27F3N4O4S. The number of Topliss-reactive ketones (excluding diaryl/α,β-unsaturated/α-hetero) is 1. The Morgan fingerprint density at radius 2 is 1.79 bits per heavy atom.